The van der Waals surface area contributed by atoms with Crippen LogP contribution in [-0.2, 0) is 4.84 Å². The van der Waals surface area contributed by atoms with E-state index in [9.17, 15) is 4.79 Å². The van der Waals surface area contributed by atoms with E-state index in [1.807, 2.05) is 30.3 Å². The van der Waals surface area contributed by atoms with E-state index in [-0.39, 0.29) is 11.9 Å². The van der Waals surface area contributed by atoms with Crippen LogP contribution in [0.15, 0.2) is 48.5 Å². The lowest BCUT2D eigenvalue weighted by molar-refractivity contribution is -0.0964. The molecule has 3 rings (SSSR count). The van der Waals surface area contributed by atoms with Gasteiger partial charge in [0.1, 0.15) is 0 Å². The highest BCUT2D eigenvalue weighted by Gasteiger charge is 2.33. The lowest BCUT2D eigenvalue weighted by Crippen LogP contribution is -2.29. The molecule has 2 aromatic carbocycles. The van der Waals surface area contributed by atoms with E-state index in [0.717, 1.165) is 12.0 Å². The summed E-state index contributed by atoms with van der Waals surface area (Å²) in [6.07, 6.45) is 0.765. The van der Waals surface area contributed by atoms with Crippen molar-refractivity contribution in [2.24, 2.45) is 0 Å². The molecule has 0 radical (unpaired) electrons. The Labute approximate surface area is 133 Å². The van der Waals surface area contributed by atoms with Gasteiger partial charge in [-0.05, 0) is 23.8 Å². The summed E-state index contributed by atoms with van der Waals surface area (Å²) >= 11 is 12.0. The first-order valence-electron chi connectivity index (χ1n) is 6.63. The summed E-state index contributed by atoms with van der Waals surface area (Å²) in [6, 6.07) is 14.6. The van der Waals surface area contributed by atoms with Gasteiger partial charge in [-0.1, -0.05) is 53.5 Å². The summed E-state index contributed by atoms with van der Waals surface area (Å²) in [5.41, 5.74) is 1.44. The van der Waals surface area contributed by atoms with Crippen molar-refractivity contribution in [2.75, 3.05) is 6.61 Å². The first kappa shape index (κ1) is 14.4. The Kier molecular flexibility index (Phi) is 4.15. The van der Waals surface area contributed by atoms with Crippen molar-refractivity contribution < 1.29 is 9.63 Å². The van der Waals surface area contributed by atoms with Crippen LogP contribution in [0.4, 0.5) is 0 Å². The van der Waals surface area contributed by atoms with Crippen LogP contribution >= 0.6 is 23.2 Å². The van der Waals surface area contributed by atoms with Crippen molar-refractivity contribution in [1.29, 1.82) is 0 Å². The molecule has 0 aliphatic carbocycles. The van der Waals surface area contributed by atoms with E-state index in [1.54, 1.807) is 18.2 Å². The fraction of sp³-hybridized carbons (Fsp3) is 0.188. The molecule has 2 aromatic rings. The molecule has 0 N–H and O–H groups in total. The third-order valence-corrected chi connectivity index (χ3v) is 4.00. The number of hydrogen-bond donors (Lipinski definition) is 0. The van der Waals surface area contributed by atoms with E-state index >= 15 is 0 Å². The van der Waals surface area contributed by atoms with Crippen LogP contribution in [0.3, 0.4) is 0 Å². The standard InChI is InChI=1S/C16H13Cl2NO2/c17-12-6-7-13(14(18)10-12)16(20)19-15(8-9-21-19)11-4-2-1-3-5-11/h1-7,10,15H,8-9H2. The van der Waals surface area contributed by atoms with Crippen molar-refractivity contribution in [3.05, 3.63) is 69.7 Å². The van der Waals surface area contributed by atoms with E-state index in [2.05, 4.69) is 0 Å². The second-order valence-corrected chi connectivity index (χ2v) is 5.65. The van der Waals surface area contributed by atoms with Crippen molar-refractivity contribution in [3.8, 4) is 0 Å². The highest BCUT2D eigenvalue weighted by molar-refractivity contribution is 6.36. The van der Waals surface area contributed by atoms with Gasteiger partial charge >= 0.3 is 0 Å². The third-order valence-electron chi connectivity index (χ3n) is 3.45. The summed E-state index contributed by atoms with van der Waals surface area (Å²) in [5, 5.41) is 2.23. The monoisotopic (exact) mass is 321 g/mol. The highest BCUT2D eigenvalue weighted by Crippen LogP contribution is 2.33. The summed E-state index contributed by atoms with van der Waals surface area (Å²) < 4.78 is 0. The lowest BCUT2D eigenvalue weighted by atomic mass is 10.0. The Morgan fingerprint density at radius 1 is 1.14 bits per heavy atom. The van der Waals surface area contributed by atoms with Gasteiger partial charge in [-0.15, -0.1) is 0 Å². The van der Waals surface area contributed by atoms with Crippen LogP contribution in [0.5, 0.6) is 0 Å². The molecule has 1 aliphatic heterocycles. The van der Waals surface area contributed by atoms with Crippen LogP contribution in [0.25, 0.3) is 0 Å². The smallest absolute Gasteiger partial charge is 0.270 e. The first-order chi connectivity index (χ1) is 10.2. The Balaban J connectivity index is 1.90. The minimum atomic E-state index is -0.247. The molecule has 0 bridgehead atoms. The molecular formula is C16H13Cl2NO2. The van der Waals surface area contributed by atoms with Crippen molar-refractivity contribution in [1.82, 2.24) is 5.06 Å². The summed E-state index contributed by atoms with van der Waals surface area (Å²) in [7, 11) is 0. The second kappa shape index (κ2) is 6.06. The van der Waals surface area contributed by atoms with E-state index in [1.165, 1.54) is 5.06 Å². The molecule has 1 unspecified atom stereocenters. The van der Waals surface area contributed by atoms with Gasteiger partial charge in [0.25, 0.3) is 5.91 Å². The molecular weight excluding hydrogens is 309 g/mol. The average Bonchev–Trinajstić information content (AvgIpc) is 2.97. The number of hydrogen-bond acceptors (Lipinski definition) is 2. The number of nitrogens with zero attached hydrogens (tertiary/aromatic N) is 1. The number of carbonyl (C=O) groups excluding carboxylic acids is 1. The van der Waals surface area contributed by atoms with Gasteiger partial charge in [-0.2, -0.15) is 0 Å². The predicted molar refractivity (Wildman–Crippen MR) is 82.4 cm³/mol. The number of benzene rings is 2. The van der Waals surface area contributed by atoms with Crippen LogP contribution in [-0.4, -0.2) is 17.6 Å². The maximum Gasteiger partial charge on any atom is 0.279 e. The molecule has 3 nitrogen and oxygen atoms in total. The van der Waals surface area contributed by atoms with Crippen LogP contribution in [0.1, 0.15) is 28.4 Å². The van der Waals surface area contributed by atoms with Gasteiger partial charge in [0.2, 0.25) is 0 Å². The molecule has 0 spiro atoms. The Hall–Kier alpha value is -1.55. The maximum absolute atomic E-state index is 12.6. The maximum atomic E-state index is 12.6. The molecule has 1 saturated heterocycles. The zero-order valence-corrected chi connectivity index (χ0v) is 12.6. The largest absolute Gasteiger partial charge is 0.279 e. The summed E-state index contributed by atoms with van der Waals surface area (Å²) in [5.74, 6) is -0.247. The molecule has 21 heavy (non-hydrogen) atoms. The lowest BCUT2D eigenvalue weighted by Gasteiger charge is -2.23. The average molecular weight is 322 g/mol. The fourth-order valence-corrected chi connectivity index (χ4v) is 2.92. The molecule has 1 heterocycles. The normalized spacial score (nSPS) is 18.0. The molecule has 5 heteroatoms. The molecule has 1 aliphatic rings. The Bertz CT molecular complexity index is 661. The minimum absolute atomic E-state index is 0.0922. The molecule has 0 aromatic heterocycles. The quantitative estimate of drug-likeness (QED) is 0.814. The first-order valence-corrected chi connectivity index (χ1v) is 7.39. The summed E-state index contributed by atoms with van der Waals surface area (Å²) in [4.78, 5) is 18.1. The number of halogens is 2. The molecule has 108 valence electrons. The zero-order chi connectivity index (χ0) is 14.8. The second-order valence-electron chi connectivity index (χ2n) is 4.80. The highest BCUT2D eigenvalue weighted by atomic mass is 35.5. The Morgan fingerprint density at radius 3 is 2.62 bits per heavy atom. The molecule has 1 fully saturated rings. The predicted octanol–water partition coefficient (Wildman–Crippen LogP) is 4.51. The number of hydroxylamine groups is 2. The van der Waals surface area contributed by atoms with Crippen LogP contribution in [0.2, 0.25) is 10.0 Å². The topological polar surface area (TPSA) is 29.5 Å². The van der Waals surface area contributed by atoms with Gasteiger partial charge in [-0.25, -0.2) is 5.06 Å². The molecule has 1 atom stereocenters. The number of amides is 1. The van der Waals surface area contributed by atoms with Crippen molar-refractivity contribution in [3.63, 3.8) is 0 Å². The Morgan fingerprint density at radius 2 is 1.90 bits per heavy atom. The molecule has 0 saturated carbocycles. The van der Waals surface area contributed by atoms with E-state index in [0.29, 0.717) is 22.2 Å². The van der Waals surface area contributed by atoms with Gasteiger partial charge in [0.15, 0.2) is 0 Å². The van der Waals surface area contributed by atoms with E-state index in [4.69, 9.17) is 28.0 Å². The SMILES string of the molecule is O=C(c1ccc(Cl)cc1Cl)N1OCCC1c1ccccc1. The molecule has 1 amide bonds. The fourth-order valence-electron chi connectivity index (χ4n) is 2.43. The third kappa shape index (κ3) is 2.91. The van der Waals surface area contributed by atoms with Gasteiger partial charge in [0, 0.05) is 11.4 Å². The number of carbonyl (C=O) groups is 1. The van der Waals surface area contributed by atoms with Crippen molar-refractivity contribution >= 4 is 29.1 Å². The van der Waals surface area contributed by atoms with Crippen molar-refractivity contribution in [2.45, 2.75) is 12.5 Å². The summed E-state index contributed by atoms with van der Waals surface area (Å²) in [6.45, 7) is 0.510. The van der Waals surface area contributed by atoms with Crippen LogP contribution in [0, 0.1) is 0 Å². The number of rotatable bonds is 2. The minimum Gasteiger partial charge on any atom is -0.270 e. The van der Waals surface area contributed by atoms with Gasteiger partial charge < -0.3 is 0 Å². The van der Waals surface area contributed by atoms with E-state index < -0.39 is 0 Å². The van der Waals surface area contributed by atoms with Crippen LogP contribution < -0.4 is 0 Å². The van der Waals surface area contributed by atoms with Gasteiger partial charge in [-0.3, -0.25) is 9.63 Å². The zero-order valence-electron chi connectivity index (χ0n) is 11.1. The van der Waals surface area contributed by atoms with Gasteiger partial charge in [0.05, 0.1) is 23.2 Å².